The molecule has 6 N–H and O–H groups in total. The highest BCUT2D eigenvalue weighted by molar-refractivity contribution is 6.25. The average Bonchev–Trinajstić information content (AvgIpc) is 3.97. The Morgan fingerprint density at radius 1 is 0.952 bits per heavy atom. The number of imide groups is 2. The molecule has 330 valence electrons. The summed E-state index contributed by atoms with van der Waals surface area (Å²) < 4.78 is 18.7. The molecule has 4 heterocycles. The number of amides is 6. The molecular weight excluding hydrogens is 813 g/mol. The van der Waals surface area contributed by atoms with E-state index in [2.05, 4.69) is 31.1 Å². The van der Waals surface area contributed by atoms with Crippen molar-refractivity contribution in [2.75, 3.05) is 49.0 Å². The van der Waals surface area contributed by atoms with Gasteiger partial charge in [-0.3, -0.25) is 43.9 Å². The third-order valence-electron chi connectivity index (χ3n) is 10.6. The number of likely N-dealkylation sites (tertiary alicyclic amines) is 1. The Morgan fingerprint density at radius 3 is 2.46 bits per heavy atom. The Hall–Kier alpha value is -7.12. The van der Waals surface area contributed by atoms with Crippen LogP contribution in [0.4, 0.5) is 22.0 Å². The van der Waals surface area contributed by atoms with E-state index in [1.54, 1.807) is 44.4 Å². The summed E-state index contributed by atoms with van der Waals surface area (Å²) in [6.07, 6.45) is 1.53. The number of benzene rings is 3. The van der Waals surface area contributed by atoms with E-state index in [-0.39, 0.29) is 55.1 Å². The molecule has 7 rings (SSSR count). The summed E-state index contributed by atoms with van der Waals surface area (Å²) in [7, 11) is 0. The first-order valence-corrected chi connectivity index (χ1v) is 20.5. The zero-order valence-electron chi connectivity index (χ0n) is 35.6. The topological polar surface area (TPSA) is 245 Å². The second-order valence-electron chi connectivity index (χ2n) is 16.5. The molecule has 19 heteroatoms. The quantitative estimate of drug-likeness (QED) is 0.0509. The molecule has 63 heavy (non-hydrogen) atoms. The van der Waals surface area contributed by atoms with Gasteiger partial charge in [0, 0.05) is 47.6 Å². The smallest absolute Gasteiger partial charge is 0.324 e. The number of aromatic nitrogens is 4. The molecule has 1 unspecified atom stereocenters. The number of anilines is 3. The molecule has 2 aromatic heterocycles. The van der Waals surface area contributed by atoms with Crippen LogP contribution in [0.1, 0.15) is 73.9 Å². The minimum Gasteiger partial charge on any atom is -0.491 e. The summed E-state index contributed by atoms with van der Waals surface area (Å²) in [6.45, 7) is 9.99. The minimum atomic E-state index is -1.25. The van der Waals surface area contributed by atoms with E-state index >= 15 is 0 Å². The Kier molecular flexibility index (Phi) is 12.9. The van der Waals surface area contributed by atoms with E-state index in [0.29, 0.717) is 29.5 Å². The van der Waals surface area contributed by atoms with Crippen molar-refractivity contribution in [2.24, 2.45) is 11.7 Å². The number of rotatable bonds is 16. The van der Waals surface area contributed by atoms with Crippen LogP contribution in [0, 0.1) is 5.92 Å². The number of imidazole rings is 1. The molecular formula is C44H50N10O9. The Morgan fingerprint density at radius 2 is 1.73 bits per heavy atom. The van der Waals surface area contributed by atoms with Crippen molar-refractivity contribution < 1.29 is 43.0 Å². The first-order chi connectivity index (χ1) is 30.1. The summed E-state index contributed by atoms with van der Waals surface area (Å²) in [5.74, 6) is -2.61. The SMILES string of the molecule is CC(C)[C@H](N)C(=O)OCN1C(=O)CCC(N2C(=O)c3cccc(NCCOCCOc4ccc5c(c4)ncn5-c4ccc(NC(=O)Nc5cc(C(C)(C)C)n[nH]5)cc4)c3C2=O)C1=O. The van der Waals surface area contributed by atoms with Crippen molar-refractivity contribution in [3.05, 3.63) is 89.9 Å². The first kappa shape index (κ1) is 44.0. The van der Waals surface area contributed by atoms with Gasteiger partial charge in [0.25, 0.3) is 17.7 Å². The number of piperidine rings is 1. The largest absolute Gasteiger partial charge is 0.491 e. The second kappa shape index (κ2) is 18.5. The zero-order chi connectivity index (χ0) is 45.0. The van der Waals surface area contributed by atoms with Crippen LogP contribution >= 0.6 is 0 Å². The van der Waals surface area contributed by atoms with E-state index in [1.807, 2.05) is 61.7 Å². The molecule has 0 radical (unpaired) electrons. The van der Waals surface area contributed by atoms with Crippen molar-refractivity contribution in [1.82, 2.24) is 29.5 Å². The summed E-state index contributed by atoms with van der Waals surface area (Å²) in [5.41, 5.74) is 10.2. The van der Waals surface area contributed by atoms with Gasteiger partial charge in [-0.2, -0.15) is 5.10 Å². The predicted molar refractivity (Wildman–Crippen MR) is 231 cm³/mol. The van der Waals surface area contributed by atoms with Crippen LogP contribution in [0.2, 0.25) is 0 Å². The molecule has 1 fully saturated rings. The number of hydrogen-bond acceptors (Lipinski definition) is 13. The number of carbonyl (C=O) groups excluding carboxylic acids is 6. The van der Waals surface area contributed by atoms with Crippen LogP contribution in [0.5, 0.6) is 5.75 Å². The summed E-state index contributed by atoms with van der Waals surface area (Å²) in [6, 6.07) is 17.0. The van der Waals surface area contributed by atoms with Gasteiger partial charge in [-0.25, -0.2) is 14.7 Å². The monoisotopic (exact) mass is 862 g/mol. The van der Waals surface area contributed by atoms with Crippen LogP contribution < -0.4 is 26.4 Å². The van der Waals surface area contributed by atoms with Gasteiger partial charge in [0.1, 0.15) is 36.6 Å². The van der Waals surface area contributed by atoms with Crippen molar-refractivity contribution >= 4 is 63.9 Å². The highest BCUT2D eigenvalue weighted by atomic mass is 16.5. The molecule has 19 nitrogen and oxygen atoms in total. The maximum atomic E-state index is 13.7. The Labute approximate surface area is 362 Å². The van der Waals surface area contributed by atoms with Gasteiger partial charge in [-0.1, -0.05) is 40.7 Å². The lowest BCUT2D eigenvalue weighted by Crippen LogP contribution is -2.57. The fourth-order valence-corrected chi connectivity index (χ4v) is 7.05. The Bertz CT molecular complexity index is 2540. The highest BCUT2D eigenvalue weighted by Crippen LogP contribution is 2.33. The number of nitrogens with one attached hydrogen (secondary N) is 4. The van der Waals surface area contributed by atoms with E-state index < -0.39 is 54.4 Å². The van der Waals surface area contributed by atoms with Gasteiger partial charge in [0.2, 0.25) is 5.91 Å². The van der Waals surface area contributed by atoms with Gasteiger partial charge in [-0.05, 0) is 60.9 Å². The fraction of sp³-hybridized carbons (Fsp3) is 0.364. The van der Waals surface area contributed by atoms with Crippen molar-refractivity contribution in [3.8, 4) is 11.4 Å². The Balaban J connectivity index is 0.858. The number of fused-ring (bicyclic) bond motifs is 2. The van der Waals surface area contributed by atoms with Crippen LogP contribution in [0.25, 0.3) is 16.7 Å². The number of esters is 1. The van der Waals surface area contributed by atoms with Gasteiger partial charge < -0.3 is 30.6 Å². The minimum absolute atomic E-state index is 0.0568. The lowest BCUT2D eigenvalue weighted by Gasteiger charge is -2.34. The molecule has 0 aliphatic carbocycles. The molecule has 1 saturated heterocycles. The van der Waals surface area contributed by atoms with Crippen LogP contribution in [-0.4, -0.2) is 110 Å². The van der Waals surface area contributed by atoms with Crippen molar-refractivity contribution in [1.29, 1.82) is 0 Å². The van der Waals surface area contributed by atoms with E-state index in [9.17, 15) is 28.8 Å². The van der Waals surface area contributed by atoms with Crippen molar-refractivity contribution in [3.63, 3.8) is 0 Å². The van der Waals surface area contributed by atoms with Crippen LogP contribution in [-0.2, 0) is 29.3 Å². The zero-order valence-corrected chi connectivity index (χ0v) is 35.6. The number of H-pyrrole nitrogens is 1. The number of carbonyl (C=O) groups is 6. The van der Waals surface area contributed by atoms with E-state index in [0.717, 1.165) is 32.2 Å². The van der Waals surface area contributed by atoms with Crippen LogP contribution in [0.3, 0.4) is 0 Å². The molecule has 3 aromatic carbocycles. The molecule has 2 aliphatic rings. The van der Waals surface area contributed by atoms with Gasteiger partial charge in [-0.15, -0.1) is 0 Å². The molecule has 0 bridgehead atoms. The molecule has 2 aliphatic heterocycles. The summed E-state index contributed by atoms with van der Waals surface area (Å²) in [4.78, 5) is 84.3. The number of aromatic amines is 1. The van der Waals surface area contributed by atoms with Gasteiger partial charge in [0.05, 0.1) is 41.1 Å². The van der Waals surface area contributed by atoms with Gasteiger partial charge in [0.15, 0.2) is 6.73 Å². The van der Waals surface area contributed by atoms with Gasteiger partial charge >= 0.3 is 12.0 Å². The van der Waals surface area contributed by atoms with E-state index in [4.69, 9.17) is 19.9 Å². The molecule has 0 spiro atoms. The van der Waals surface area contributed by atoms with Crippen molar-refractivity contribution in [2.45, 2.75) is 65.0 Å². The molecule has 0 saturated carbocycles. The molecule has 5 aromatic rings. The molecule has 2 atom stereocenters. The van der Waals surface area contributed by atoms with Crippen LogP contribution in [0.15, 0.2) is 73.1 Å². The highest BCUT2D eigenvalue weighted by Gasteiger charge is 2.48. The number of hydrogen-bond donors (Lipinski definition) is 5. The lowest BCUT2D eigenvalue weighted by molar-refractivity contribution is -0.164. The number of nitrogens with zero attached hydrogens (tertiary/aromatic N) is 5. The maximum absolute atomic E-state index is 13.7. The average molecular weight is 863 g/mol. The predicted octanol–water partition coefficient (Wildman–Crippen LogP) is 4.80. The number of nitrogens with two attached hydrogens (primary N) is 1. The summed E-state index contributed by atoms with van der Waals surface area (Å²) >= 11 is 0. The summed E-state index contributed by atoms with van der Waals surface area (Å²) in [5, 5.41) is 15.8. The molecule has 6 amide bonds. The maximum Gasteiger partial charge on any atom is 0.324 e. The standard InChI is InChI=1S/C44H50N10O9/c1-25(2)38(45)42(59)63-24-53-36(55)16-15-33(40(53)57)54-39(56)29-7-6-8-30(37(29)41(54)58)46-17-18-61-19-20-62-28-13-14-32-31(21-28)47-23-52(32)27-11-9-26(10-12-27)48-43(60)49-35-22-34(50-51-35)44(3,4)5/h6-14,21-23,25,33,38,46H,15-20,24,45H2,1-5H3,(H3,48,49,50,51,60)/t33?,38-/m0/s1. The fourth-order valence-electron chi connectivity index (χ4n) is 7.05. The number of ether oxygens (including phenoxy) is 3. The second-order valence-corrected chi connectivity index (χ2v) is 16.5. The third-order valence-corrected chi connectivity index (χ3v) is 10.6. The number of urea groups is 1. The third kappa shape index (κ3) is 9.68. The normalized spacial score (nSPS) is 15.8. The van der Waals surface area contributed by atoms with E-state index in [1.165, 1.54) is 6.07 Å². The lowest BCUT2D eigenvalue weighted by atomic mass is 9.92. The first-order valence-electron chi connectivity index (χ1n) is 20.5.